The van der Waals surface area contributed by atoms with Crippen LogP contribution in [0.5, 0.6) is 5.75 Å². The average Bonchev–Trinajstić information content (AvgIpc) is 2.26. The fourth-order valence-electron chi connectivity index (χ4n) is 1.28. The van der Waals surface area contributed by atoms with Crippen LogP contribution in [0, 0.1) is 5.82 Å². The van der Waals surface area contributed by atoms with Crippen LogP contribution in [-0.4, -0.2) is 32.3 Å². The van der Waals surface area contributed by atoms with Crippen molar-refractivity contribution in [2.24, 2.45) is 5.73 Å². The van der Waals surface area contributed by atoms with Crippen LogP contribution in [0.25, 0.3) is 0 Å². The molecule has 0 aliphatic heterocycles. The normalized spacial score (nSPS) is 10.7. The minimum atomic E-state index is -0.314. The second-order valence-electron chi connectivity index (χ2n) is 3.48. The second-order valence-corrected chi connectivity index (χ2v) is 3.48. The molecule has 0 saturated heterocycles. The van der Waals surface area contributed by atoms with Crippen LogP contribution in [0.4, 0.5) is 4.39 Å². The molecule has 4 heteroatoms. The monoisotopic (exact) mass is 212 g/mol. The average molecular weight is 212 g/mol. The van der Waals surface area contributed by atoms with E-state index >= 15 is 0 Å². The van der Waals surface area contributed by atoms with Crippen molar-refractivity contribution < 1.29 is 9.13 Å². The Morgan fingerprint density at radius 1 is 1.47 bits per heavy atom. The van der Waals surface area contributed by atoms with Crippen LogP contribution in [0.2, 0.25) is 0 Å². The highest BCUT2D eigenvalue weighted by atomic mass is 19.1. The van der Waals surface area contributed by atoms with E-state index < -0.39 is 0 Å². The Kier molecular flexibility index (Phi) is 4.52. The van der Waals surface area contributed by atoms with Crippen LogP contribution in [0.15, 0.2) is 18.2 Å². The van der Waals surface area contributed by atoms with E-state index in [-0.39, 0.29) is 11.6 Å². The number of rotatable bonds is 5. The molecule has 0 aromatic heterocycles. The third-order valence-corrected chi connectivity index (χ3v) is 2.31. The molecule has 2 N–H and O–H groups in total. The minimum absolute atomic E-state index is 0.283. The number of ether oxygens (including phenoxy) is 1. The van der Waals surface area contributed by atoms with Gasteiger partial charge in [-0.25, -0.2) is 4.39 Å². The van der Waals surface area contributed by atoms with E-state index in [0.717, 1.165) is 18.5 Å². The number of nitrogens with zero attached hydrogens (tertiary/aromatic N) is 1. The van der Waals surface area contributed by atoms with Crippen LogP contribution in [-0.2, 0) is 6.42 Å². The van der Waals surface area contributed by atoms with E-state index in [1.54, 1.807) is 6.07 Å². The lowest BCUT2D eigenvalue weighted by Crippen LogP contribution is -2.27. The number of hydrogen-bond donors (Lipinski definition) is 1. The van der Waals surface area contributed by atoms with Gasteiger partial charge in [-0.1, -0.05) is 6.07 Å². The summed E-state index contributed by atoms with van der Waals surface area (Å²) in [5.41, 5.74) is 6.40. The van der Waals surface area contributed by atoms with Crippen molar-refractivity contribution in [3.05, 3.63) is 29.6 Å². The molecule has 15 heavy (non-hydrogen) atoms. The topological polar surface area (TPSA) is 38.5 Å². The molecule has 0 aliphatic rings. The molecule has 0 fully saturated rings. The second kappa shape index (κ2) is 5.68. The lowest BCUT2D eigenvalue weighted by Gasteiger charge is -2.13. The number of methoxy groups -OCH3 is 1. The number of nitrogens with two attached hydrogens (primary N) is 1. The molecule has 0 heterocycles. The molecule has 0 aliphatic carbocycles. The maximum atomic E-state index is 13.3. The van der Waals surface area contributed by atoms with Crippen molar-refractivity contribution in [2.45, 2.75) is 6.42 Å². The summed E-state index contributed by atoms with van der Waals surface area (Å²) in [6, 6.07) is 5.02. The summed E-state index contributed by atoms with van der Waals surface area (Å²) in [6.07, 6.45) is 0.786. The molecule has 1 aromatic carbocycles. The molecule has 0 atom stereocenters. The lowest BCUT2D eigenvalue weighted by molar-refractivity contribution is 0.348. The first-order valence-electron chi connectivity index (χ1n) is 4.88. The van der Waals surface area contributed by atoms with Crippen molar-refractivity contribution >= 4 is 0 Å². The summed E-state index contributed by atoms with van der Waals surface area (Å²) in [7, 11) is 3.39. The van der Waals surface area contributed by atoms with Crippen molar-refractivity contribution in [2.75, 3.05) is 27.4 Å². The molecule has 3 nitrogen and oxygen atoms in total. The third kappa shape index (κ3) is 3.49. The minimum Gasteiger partial charge on any atom is -0.494 e. The molecule has 0 saturated carbocycles. The lowest BCUT2D eigenvalue weighted by atomic mass is 10.1. The largest absolute Gasteiger partial charge is 0.494 e. The Morgan fingerprint density at radius 3 is 2.73 bits per heavy atom. The van der Waals surface area contributed by atoms with E-state index in [0.29, 0.717) is 6.67 Å². The van der Waals surface area contributed by atoms with Gasteiger partial charge in [0, 0.05) is 13.2 Å². The maximum Gasteiger partial charge on any atom is 0.165 e. The van der Waals surface area contributed by atoms with E-state index in [9.17, 15) is 4.39 Å². The van der Waals surface area contributed by atoms with Gasteiger partial charge < -0.3 is 10.5 Å². The quantitative estimate of drug-likeness (QED) is 0.746. The Bertz CT molecular complexity index is 317. The highest BCUT2D eigenvalue weighted by Gasteiger charge is 2.03. The fraction of sp³-hybridized carbons (Fsp3) is 0.455. The SMILES string of the molecule is COc1ccc(CCN(C)CN)cc1F. The molecule has 1 aromatic rings. The zero-order chi connectivity index (χ0) is 11.3. The Balaban J connectivity index is 2.59. The summed E-state index contributed by atoms with van der Waals surface area (Å²) in [5, 5.41) is 0. The summed E-state index contributed by atoms with van der Waals surface area (Å²) < 4.78 is 18.1. The van der Waals surface area contributed by atoms with Gasteiger partial charge in [0.1, 0.15) is 0 Å². The summed E-state index contributed by atoms with van der Waals surface area (Å²) >= 11 is 0. The first kappa shape index (κ1) is 11.9. The van der Waals surface area contributed by atoms with Gasteiger partial charge in [0.15, 0.2) is 11.6 Å². The fourth-order valence-corrected chi connectivity index (χ4v) is 1.28. The molecule has 0 radical (unpaired) electrons. The zero-order valence-electron chi connectivity index (χ0n) is 9.16. The molecular weight excluding hydrogens is 195 g/mol. The molecule has 84 valence electrons. The Morgan fingerprint density at radius 2 is 2.20 bits per heavy atom. The van der Waals surface area contributed by atoms with Gasteiger partial charge in [0.05, 0.1) is 7.11 Å². The molecule has 0 bridgehead atoms. The van der Waals surface area contributed by atoms with E-state index in [1.165, 1.54) is 13.2 Å². The molecule has 0 amide bonds. The van der Waals surface area contributed by atoms with E-state index in [1.807, 2.05) is 18.0 Å². The summed E-state index contributed by atoms with van der Waals surface area (Å²) in [4.78, 5) is 1.97. The van der Waals surface area contributed by atoms with Crippen LogP contribution < -0.4 is 10.5 Å². The molecular formula is C11H17FN2O. The van der Waals surface area contributed by atoms with E-state index in [4.69, 9.17) is 10.5 Å². The third-order valence-electron chi connectivity index (χ3n) is 2.31. The first-order valence-corrected chi connectivity index (χ1v) is 4.88. The Hall–Kier alpha value is -1.13. The number of likely N-dealkylation sites (N-methyl/N-ethyl adjacent to an activating group) is 1. The Labute approximate surface area is 89.6 Å². The smallest absolute Gasteiger partial charge is 0.165 e. The van der Waals surface area contributed by atoms with Crippen molar-refractivity contribution in [1.82, 2.24) is 4.90 Å². The highest BCUT2D eigenvalue weighted by molar-refractivity contribution is 5.29. The van der Waals surface area contributed by atoms with Crippen LogP contribution in [0.3, 0.4) is 0 Å². The van der Waals surface area contributed by atoms with Gasteiger partial charge in [-0.05, 0) is 31.2 Å². The maximum absolute atomic E-state index is 13.3. The summed E-state index contributed by atoms with van der Waals surface area (Å²) in [6.45, 7) is 1.33. The first-order chi connectivity index (χ1) is 7.17. The highest BCUT2D eigenvalue weighted by Crippen LogP contribution is 2.17. The molecule has 0 spiro atoms. The summed E-state index contributed by atoms with van der Waals surface area (Å²) in [5.74, 6) is -0.0312. The molecule has 1 rings (SSSR count). The number of halogens is 1. The van der Waals surface area contributed by atoms with Crippen molar-refractivity contribution in [3.63, 3.8) is 0 Å². The molecule has 0 unspecified atom stereocenters. The van der Waals surface area contributed by atoms with E-state index in [2.05, 4.69) is 0 Å². The predicted octanol–water partition coefficient (Wildman–Crippen LogP) is 1.22. The van der Waals surface area contributed by atoms with Crippen molar-refractivity contribution in [3.8, 4) is 5.75 Å². The van der Waals surface area contributed by atoms with Gasteiger partial charge in [0.25, 0.3) is 0 Å². The van der Waals surface area contributed by atoms with Crippen LogP contribution in [0.1, 0.15) is 5.56 Å². The number of hydrogen-bond acceptors (Lipinski definition) is 3. The van der Waals surface area contributed by atoms with Gasteiger partial charge in [-0.15, -0.1) is 0 Å². The zero-order valence-corrected chi connectivity index (χ0v) is 9.16. The number of benzene rings is 1. The standard InChI is InChI=1S/C11H17FN2O/c1-14(8-13)6-5-9-3-4-11(15-2)10(12)7-9/h3-4,7H,5-6,8,13H2,1-2H3. The van der Waals surface area contributed by atoms with Gasteiger partial charge >= 0.3 is 0 Å². The van der Waals surface area contributed by atoms with Gasteiger partial charge in [0.2, 0.25) is 0 Å². The van der Waals surface area contributed by atoms with Gasteiger partial charge in [-0.2, -0.15) is 0 Å². The van der Waals surface area contributed by atoms with Crippen LogP contribution >= 0.6 is 0 Å². The van der Waals surface area contributed by atoms with Gasteiger partial charge in [-0.3, -0.25) is 4.90 Å². The predicted molar refractivity (Wildman–Crippen MR) is 58.3 cm³/mol. The van der Waals surface area contributed by atoms with Crippen molar-refractivity contribution in [1.29, 1.82) is 0 Å².